The number of nitrogen functional groups attached to an aromatic ring is 1. The molecular formula is C11H20N4O. The van der Waals surface area contributed by atoms with Gasteiger partial charge in [0.2, 0.25) is 0 Å². The van der Waals surface area contributed by atoms with E-state index in [0.29, 0.717) is 12.2 Å². The predicted molar refractivity (Wildman–Crippen MR) is 64.6 cm³/mol. The molecule has 0 radical (unpaired) electrons. The van der Waals surface area contributed by atoms with Gasteiger partial charge in [-0.15, -0.1) is 0 Å². The van der Waals surface area contributed by atoms with Crippen LogP contribution in [0.3, 0.4) is 0 Å². The molecule has 90 valence electrons. The fourth-order valence-electron chi connectivity index (χ4n) is 1.49. The van der Waals surface area contributed by atoms with Crippen molar-refractivity contribution in [1.29, 1.82) is 0 Å². The third kappa shape index (κ3) is 2.91. The maximum absolute atomic E-state index is 5.79. The minimum absolute atomic E-state index is 0.0241. The molecule has 16 heavy (non-hydrogen) atoms. The summed E-state index contributed by atoms with van der Waals surface area (Å²) in [6, 6.07) is 3.78. The van der Waals surface area contributed by atoms with E-state index in [1.165, 1.54) is 0 Å². The van der Waals surface area contributed by atoms with Crippen LogP contribution in [0.4, 0.5) is 5.82 Å². The standard InChI is InChI=1S/C11H20N4O/c1-11(2,16-3)9(15-13)7-8-5-4-6-14-10(8)12/h4-6,9,15H,7,13H2,1-3H3,(H2,12,14). The van der Waals surface area contributed by atoms with Crippen LogP contribution in [0.15, 0.2) is 18.3 Å². The lowest BCUT2D eigenvalue weighted by molar-refractivity contribution is -0.0100. The number of hydrogen-bond acceptors (Lipinski definition) is 5. The van der Waals surface area contributed by atoms with Gasteiger partial charge in [0, 0.05) is 13.3 Å². The Kier molecular flexibility index (Phi) is 4.23. The van der Waals surface area contributed by atoms with E-state index in [1.807, 2.05) is 26.0 Å². The molecule has 5 N–H and O–H groups in total. The summed E-state index contributed by atoms with van der Waals surface area (Å²) < 4.78 is 5.40. The molecule has 1 rings (SSSR count). The molecule has 0 aliphatic rings. The number of hydrogen-bond donors (Lipinski definition) is 3. The van der Waals surface area contributed by atoms with Crippen LogP contribution in [-0.4, -0.2) is 23.7 Å². The number of pyridine rings is 1. The molecule has 0 saturated heterocycles. The summed E-state index contributed by atoms with van der Waals surface area (Å²) in [5.74, 6) is 6.08. The van der Waals surface area contributed by atoms with Crippen LogP contribution >= 0.6 is 0 Å². The summed E-state index contributed by atoms with van der Waals surface area (Å²) >= 11 is 0. The van der Waals surface area contributed by atoms with E-state index in [2.05, 4.69) is 10.4 Å². The zero-order valence-corrected chi connectivity index (χ0v) is 10.0. The molecule has 0 amide bonds. The minimum atomic E-state index is -0.364. The van der Waals surface area contributed by atoms with E-state index in [0.717, 1.165) is 5.56 Å². The highest BCUT2D eigenvalue weighted by atomic mass is 16.5. The zero-order valence-electron chi connectivity index (χ0n) is 10.0. The molecule has 0 aromatic carbocycles. The average molecular weight is 224 g/mol. The van der Waals surface area contributed by atoms with Crippen molar-refractivity contribution in [3.63, 3.8) is 0 Å². The summed E-state index contributed by atoms with van der Waals surface area (Å²) in [4.78, 5) is 4.04. The largest absolute Gasteiger partial charge is 0.383 e. The summed E-state index contributed by atoms with van der Waals surface area (Å²) in [6.45, 7) is 3.95. The van der Waals surface area contributed by atoms with Crippen molar-refractivity contribution in [2.45, 2.75) is 31.9 Å². The van der Waals surface area contributed by atoms with E-state index >= 15 is 0 Å². The highest BCUT2D eigenvalue weighted by Gasteiger charge is 2.28. The first-order valence-corrected chi connectivity index (χ1v) is 5.22. The second kappa shape index (κ2) is 5.25. The smallest absolute Gasteiger partial charge is 0.126 e. The lowest BCUT2D eigenvalue weighted by atomic mass is 9.93. The Morgan fingerprint density at radius 2 is 2.25 bits per heavy atom. The third-order valence-corrected chi connectivity index (χ3v) is 2.92. The van der Waals surface area contributed by atoms with Crippen molar-refractivity contribution in [3.05, 3.63) is 23.9 Å². The van der Waals surface area contributed by atoms with Gasteiger partial charge in [0.1, 0.15) is 5.82 Å². The molecule has 1 aromatic rings. The number of anilines is 1. The van der Waals surface area contributed by atoms with E-state index < -0.39 is 0 Å². The summed E-state index contributed by atoms with van der Waals surface area (Å²) in [7, 11) is 1.66. The second-order valence-electron chi connectivity index (χ2n) is 4.28. The maximum Gasteiger partial charge on any atom is 0.126 e. The number of nitrogens with two attached hydrogens (primary N) is 2. The van der Waals surface area contributed by atoms with Crippen molar-refractivity contribution in [2.24, 2.45) is 5.84 Å². The van der Waals surface area contributed by atoms with Gasteiger partial charge < -0.3 is 10.5 Å². The average Bonchev–Trinajstić information content (AvgIpc) is 2.27. The van der Waals surface area contributed by atoms with Gasteiger partial charge >= 0.3 is 0 Å². The first-order chi connectivity index (χ1) is 7.51. The van der Waals surface area contributed by atoms with Crippen molar-refractivity contribution < 1.29 is 4.74 Å². The van der Waals surface area contributed by atoms with Gasteiger partial charge in [0.05, 0.1) is 11.6 Å². The number of nitrogens with zero attached hydrogens (tertiary/aromatic N) is 1. The molecule has 1 atom stereocenters. The molecule has 1 aromatic heterocycles. The number of methoxy groups -OCH3 is 1. The van der Waals surface area contributed by atoms with Crippen molar-refractivity contribution in [3.8, 4) is 0 Å². The van der Waals surface area contributed by atoms with Crippen LogP contribution in [0.1, 0.15) is 19.4 Å². The normalized spacial score (nSPS) is 13.8. The van der Waals surface area contributed by atoms with Gasteiger partial charge in [-0.1, -0.05) is 6.07 Å². The van der Waals surface area contributed by atoms with Crippen LogP contribution in [0.2, 0.25) is 0 Å². The minimum Gasteiger partial charge on any atom is -0.383 e. The van der Waals surface area contributed by atoms with Crippen LogP contribution in [-0.2, 0) is 11.2 Å². The molecule has 0 aliphatic heterocycles. The van der Waals surface area contributed by atoms with E-state index in [9.17, 15) is 0 Å². The molecule has 1 unspecified atom stereocenters. The van der Waals surface area contributed by atoms with Gasteiger partial charge in [0.15, 0.2) is 0 Å². The molecule has 1 heterocycles. The van der Waals surface area contributed by atoms with Crippen LogP contribution in [0, 0.1) is 0 Å². The van der Waals surface area contributed by atoms with Crippen LogP contribution < -0.4 is 17.0 Å². The molecule has 0 fully saturated rings. The first-order valence-electron chi connectivity index (χ1n) is 5.22. The Labute approximate surface area is 96.2 Å². The summed E-state index contributed by atoms with van der Waals surface area (Å²) in [5, 5.41) is 0. The maximum atomic E-state index is 5.79. The van der Waals surface area contributed by atoms with Crippen molar-refractivity contribution >= 4 is 5.82 Å². The predicted octanol–water partition coefficient (Wildman–Crippen LogP) is 0.463. The monoisotopic (exact) mass is 224 g/mol. The van der Waals surface area contributed by atoms with Gasteiger partial charge in [-0.3, -0.25) is 11.3 Å². The number of aromatic nitrogens is 1. The Balaban J connectivity index is 2.82. The number of ether oxygens (including phenoxy) is 1. The summed E-state index contributed by atoms with van der Waals surface area (Å²) in [6.07, 6.45) is 2.35. The highest BCUT2D eigenvalue weighted by molar-refractivity contribution is 5.39. The van der Waals surface area contributed by atoms with Crippen LogP contribution in [0.25, 0.3) is 0 Å². The molecule has 0 bridgehead atoms. The Morgan fingerprint density at radius 3 is 2.75 bits per heavy atom. The van der Waals surface area contributed by atoms with Crippen LogP contribution in [0.5, 0.6) is 0 Å². The fraction of sp³-hybridized carbons (Fsp3) is 0.545. The SMILES string of the molecule is COC(C)(C)C(Cc1cccnc1N)NN. The molecule has 5 nitrogen and oxygen atoms in total. The Hall–Kier alpha value is -1.17. The number of rotatable bonds is 5. The Bertz CT molecular complexity index is 341. The Morgan fingerprint density at radius 1 is 1.56 bits per heavy atom. The molecule has 0 spiro atoms. The molecule has 5 heteroatoms. The quantitative estimate of drug-likeness (QED) is 0.500. The van der Waals surface area contributed by atoms with Crippen molar-refractivity contribution in [2.75, 3.05) is 12.8 Å². The van der Waals surface area contributed by atoms with Gasteiger partial charge in [-0.05, 0) is 31.9 Å². The topological polar surface area (TPSA) is 86.2 Å². The molecular weight excluding hydrogens is 204 g/mol. The number of nitrogens with one attached hydrogen (secondary N) is 1. The lowest BCUT2D eigenvalue weighted by Gasteiger charge is -2.32. The number of hydrazine groups is 1. The first kappa shape index (κ1) is 12.9. The van der Waals surface area contributed by atoms with E-state index in [-0.39, 0.29) is 11.6 Å². The zero-order chi connectivity index (χ0) is 12.2. The van der Waals surface area contributed by atoms with Gasteiger partial charge in [0.25, 0.3) is 0 Å². The molecule has 0 aliphatic carbocycles. The highest BCUT2D eigenvalue weighted by Crippen LogP contribution is 2.19. The third-order valence-electron chi connectivity index (χ3n) is 2.92. The van der Waals surface area contributed by atoms with E-state index in [4.69, 9.17) is 16.3 Å². The van der Waals surface area contributed by atoms with Gasteiger partial charge in [-0.2, -0.15) is 0 Å². The summed E-state index contributed by atoms with van der Waals surface area (Å²) in [5.41, 5.74) is 9.15. The molecule has 0 saturated carbocycles. The fourth-order valence-corrected chi connectivity index (χ4v) is 1.49. The van der Waals surface area contributed by atoms with Crippen molar-refractivity contribution in [1.82, 2.24) is 10.4 Å². The van der Waals surface area contributed by atoms with Gasteiger partial charge in [-0.25, -0.2) is 4.98 Å². The van der Waals surface area contributed by atoms with E-state index in [1.54, 1.807) is 13.3 Å². The second-order valence-corrected chi connectivity index (χ2v) is 4.28. The lowest BCUT2D eigenvalue weighted by Crippen LogP contribution is -2.52.